The first-order valence-corrected chi connectivity index (χ1v) is 8.77. The molecule has 112 valence electrons. The Balaban J connectivity index is 1.47. The van der Waals surface area contributed by atoms with E-state index in [1.165, 1.54) is 4.88 Å². The zero-order valence-electron chi connectivity index (χ0n) is 11.9. The summed E-state index contributed by atoms with van der Waals surface area (Å²) in [6.45, 7) is 4.18. The van der Waals surface area contributed by atoms with Crippen molar-refractivity contribution in [2.45, 2.75) is 32.2 Å². The van der Waals surface area contributed by atoms with Gasteiger partial charge in [0.2, 0.25) is 0 Å². The van der Waals surface area contributed by atoms with Gasteiger partial charge in [-0.15, -0.1) is 32.9 Å². The molecular weight excluding hydrogens is 304 g/mol. The van der Waals surface area contributed by atoms with Gasteiger partial charge in [-0.25, -0.2) is 4.79 Å². The smallest absolute Gasteiger partial charge is 0.317 e. The number of carbonyl (C=O) groups is 1. The summed E-state index contributed by atoms with van der Waals surface area (Å²) in [5.74, 6) is 0.456. The van der Waals surface area contributed by atoms with Crippen LogP contribution < -0.4 is 5.32 Å². The van der Waals surface area contributed by atoms with Gasteiger partial charge in [0.25, 0.3) is 0 Å². The number of piperidine rings is 1. The zero-order valence-corrected chi connectivity index (χ0v) is 13.5. The molecule has 0 bridgehead atoms. The molecular formula is C14H18N4OS2. The van der Waals surface area contributed by atoms with Crippen LogP contribution in [-0.2, 0) is 6.54 Å². The van der Waals surface area contributed by atoms with E-state index in [-0.39, 0.29) is 6.03 Å². The van der Waals surface area contributed by atoms with Gasteiger partial charge in [-0.2, -0.15) is 0 Å². The second kappa shape index (κ2) is 6.53. The van der Waals surface area contributed by atoms with Crippen molar-refractivity contribution >= 4 is 28.7 Å². The molecule has 21 heavy (non-hydrogen) atoms. The number of carbonyl (C=O) groups excluding carboxylic acids is 1. The first kappa shape index (κ1) is 14.5. The highest BCUT2D eigenvalue weighted by Gasteiger charge is 2.25. The Labute approximate surface area is 132 Å². The summed E-state index contributed by atoms with van der Waals surface area (Å²) < 4.78 is 0. The first-order valence-electron chi connectivity index (χ1n) is 7.07. The monoisotopic (exact) mass is 322 g/mol. The molecule has 7 heteroatoms. The van der Waals surface area contributed by atoms with Gasteiger partial charge in [-0.05, 0) is 31.2 Å². The van der Waals surface area contributed by atoms with E-state index in [1.807, 2.05) is 29.3 Å². The molecule has 2 amide bonds. The van der Waals surface area contributed by atoms with Gasteiger partial charge in [0.05, 0.1) is 6.54 Å². The molecule has 0 aromatic carbocycles. The molecule has 5 nitrogen and oxygen atoms in total. The molecule has 1 fully saturated rings. The minimum Gasteiger partial charge on any atom is -0.333 e. The first-order chi connectivity index (χ1) is 10.2. The van der Waals surface area contributed by atoms with Crippen molar-refractivity contribution in [1.82, 2.24) is 20.4 Å². The number of likely N-dealkylation sites (tertiary alicyclic amines) is 1. The van der Waals surface area contributed by atoms with Crippen molar-refractivity contribution in [3.8, 4) is 0 Å². The molecule has 0 radical (unpaired) electrons. The maximum absolute atomic E-state index is 12.1. The Morgan fingerprint density at radius 3 is 2.86 bits per heavy atom. The number of urea groups is 1. The van der Waals surface area contributed by atoms with E-state index in [2.05, 4.69) is 15.5 Å². The lowest BCUT2D eigenvalue weighted by molar-refractivity contribution is 0.181. The van der Waals surface area contributed by atoms with E-state index in [0.29, 0.717) is 12.5 Å². The number of aryl methyl sites for hydroxylation is 1. The molecule has 0 spiro atoms. The fourth-order valence-corrected chi connectivity index (χ4v) is 4.01. The Bertz CT molecular complexity index is 588. The van der Waals surface area contributed by atoms with Gasteiger partial charge < -0.3 is 10.2 Å². The second-order valence-corrected chi connectivity index (χ2v) is 7.40. The number of hydrogen-bond donors (Lipinski definition) is 1. The Morgan fingerprint density at radius 1 is 1.43 bits per heavy atom. The minimum absolute atomic E-state index is 0.0373. The third-order valence-corrected chi connectivity index (χ3v) is 5.54. The lowest BCUT2D eigenvalue weighted by Crippen LogP contribution is -2.43. The molecule has 0 unspecified atom stereocenters. The van der Waals surface area contributed by atoms with Crippen molar-refractivity contribution < 1.29 is 4.79 Å². The number of aromatic nitrogens is 2. The van der Waals surface area contributed by atoms with Crippen LogP contribution in [0.3, 0.4) is 0 Å². The minimum atomic E-state index is 0.0373. The lowest BCUT2D eigenvalue weighted by atomic mass is 9.98. The maximum Gasteiger partial charge on any atom is 0.317 e. The molecule has 1 aliphatic heterocycles. The predicted molar refractivity (Wildman–Crippen MR) is 84.7 cm³/mol. The highest BCUT2D eigenvalue weighted by Crippen LogP contribution is 2.29. The molecule has 0 aliphatic carbocycles. The molecule has 2 aromatic rings. The van der Waals surface area contributed by atoms with Crippen LogP contribution in [0.25, 0.3) is 0 Å². The van der Waals surface area contributed by atoms with Crippen LogP contribution in [-0.4, -0.2) is 34.2 Å². The van der Waals surface area contributed by atoms with Gasteiger partial charge >= 0.3 is 6.03 Å². The summed E-state index contributed by atoms with van der Waals surface area (Å²) >= 11 is 3.34. The maximum atomic E-state index is 12.1. The van der Waals surface area contributed by atoms with Crippen LogP contribution in [0.4, 0.5) is 4.79 Å². The Morgan fingerprint density at radius 2 is 2.24 bits per heavy atom. The van der Waals surface area contributed by atoms with E-state index in [1.54, 1.807) is 22.7 Å². The number of rotatable bonds is 3. The van der Waals surface area contributed by atoms with E-state index in [9.17, 15) is 4.79 Å². The summed E-state index contributed by atoms with van der Waals surface area (Å²) in [6.07, 6.45) is 1.95. The summed E-state index contributed by atoms with van der Waals surface area (Å²) in [5.41, 5.74) is 0. The molecule has 0 atom stereocenters. The molecule has 2 aromatic heterocycles. The van der Waals surface area contributed by atoms with Crippen LogP contribution >= 0.6 is 22.7 Å². The van der Waals surface area contributed by atoms with Gasteiger partial charge in [-0.3, -0.25) is 0 Å². The van der Waals surface area contributed by atoms with Crippen LogP contribution in [0.5, 0.6) is 0 Å². The third kappa shape index (κ3) is 3.59. The van der Waals surface area contributed by atoms with Gasteiger partial charge in [-0.1, -0.05) is 6.07 Å². The third-order valence-electron chi connectivity index (χ3n) is 3.67. The lowest BCUT2D eigenvalue weighted by Gasteiger charge is -2.30. The van der Waals surface area contributed by atoms with Crippen molar-refractivity contribution in [1.29, 1.82) is 0 Å². The van der Waals surface area contributed by atoms with Crippen molar-refractivity contribution in [3.05, 3.63) is 32.4 Å². The second-order valence-electron chi connectivity index (χ2n) is 5.16. The standard InChI is InChI=1S/C14H18N4OS2/c1-10-16-17-13(21-10)11-4-6-18(7-5-11)14(19)15-9-12-3-2-8-20-12/h2-3,8,11H,4-7,9H2,1H3,(H,15,19). The number of hydrogen-bond acceptors (Lipinski definition) is 5. The average Bonchev–Trinajstić information content (AvgIpc) is 3.16. The SMILES string of the molecule is Cc1nnc(C2CCN(C(=O)NCc3cccs3)CC2)s1. The molecule has 0 saturated carbocycles. The summed E-state index contributed by atoms with van der Waals surface area (Å²) in [4.78, 5) is 15.2. The van der Waals surface area contributed by atoms with Crippen molar-refractivity contribution in [3.63, 3.8) is 0 Å². The molecule has 1 N–H and O–H groups in total. The highest BCUT2D eigenvalue weighted by atomic mass is 32.1. The van der Waals surface area contributed by atoms with E-state index in [0.717, 1.165) is 35.9 Å². The molecule has 3 heterocycles. The van der Waals surface area contributed by atoms with Crippen molar-refractivity contribution in [2.24, 2.45) is 0 Å². The summed E-state index contributed by atoms with van der Waals surface area (Å²) in [7, 11) is 0. The predicted octanol–water partition coefficient (Wildman–Crippen LogP) is 3.00. The van der Waals surface area contributed by atoms with Crippen LogP contribution in [0.1, 0.15) is 33.7 Å². The quantitative estimate of drug-likeness (QED) is 0.945. The Hall–Kier alpha value is -1.47. The molecule has 1 aliphatic rings. The molecule has 1 saturated heterocycles. The molecule has 3 rings (SSSR count). The van der Waals surface area contributed by atoms with Gasteiger partial charge in [0.15, 0.2) is 0 Å². The van der Waals surface area contributed by atoms with E-state index < -0.39 is 0 Å². The largest absolute Gasteiger partial charge is 0.333 e. The highest BCUT2D eigenvalue weighted by molar-refractivity contribution is 7.11. The number of amides is 2. The topological polar surface area (TPSA) is 58.1 Å². The van der Waals surface area contributed by atoms with Gasteiger partial charge in [0, 0.05) is 23.9 Å². The number of nitrogens with one attached hydrogen (secondary N) is 1. The van der Waals surface area contributed by atoms with Crippen LogP contribution in [0.15, 0.2) is 17.5 Å². The summed E-state index contributed by atoms with van der Waals surface area (Å²) in [5, 5.41) is 15.5. The number of thiophene rings is 1. The van der Waals surface area contributed by atoms with E-state index in [4.69, 9.17) is 0 Å². The normalized spacial score (nSPS) is 16.1. The van der Waals surface area contributed by atoms with Crippen LogP contribution in [0.2, 0.25) is 0 Å². The van der Waals surface area contributed by atoms with Crippen LogP contribution in [0, 0.1) is 6.92 Å². The fourth-order valence-electron chi connectivity index (χ4n) is 2.49. The zero-order chi connectivity index (χ0) is 14.7. The Kier molecular flexibility index (Phi) is 4.50. The van der Waals surface area contributed by atoms with Gasteiger partial charge in [0.1, 0.15) is 10.0 Å². The summed E-state index contributed by atoms with van der Waals surface area (Å²) in [6, 6.07) is 4.08. The number of nitrogens with zero attached hydrogens (tertiary/aromatic N) is 3. The fraction of sp³-hybridized carbons (Fsp3) is 0.500. The average molecular weight is 322 g/mol. The van der Waals surface area contributed by atoms with E-state index >= 15 is 0 Å². The van der Waals surface area contributed by atoms with Crippen molar-refractivity contribution in [2.75, 3.05) is 13.1 Å².